The molecule has 0 aliphatic heterocycles. The first-order chi connectivity index (χ1) is 6.84. The van der Waals surface area contributed by atoms with Gasteiger partial charge in [-0.3, -0.25) is 4.98 Å². The van der Waals surface area contributed by atoms with Crippen LogP contribution >= 0.6 is 0 Å². The molecule has 0 saturated heterocycles. The molecule has 3 nitrogen and oxygen atoms in total. The minimum atomic E-state index is 0.614. The fraction of sp³-hybridized carbons (Fsp3) is 0.545. The van der Waals surface area contributed by atoms with Gasteiger partial charge in [0.15, 0.2) is 0 Å². The number of nitrogens with two attached hydrogens (primary N) is 1. The fourth-order valence-electron chi connectivity index (χ4n) is 1.24. The van der Waals surface area contributed by atoms with Crippen LogP contribution in [0.4, 0.5) is 5.69 Å². The van der Waals surface area contributed by atoms with Crippen molar-refractivity contribution in [3.05, 3.63) is 18.5 Å². The molecule has 78 valence electrons. The Bertz CT molecular complexity index is 263. The number of pyridine rings is 1. The maximum atomic E-state index is 5.67. The van der Waals surface area contributed by atoms with Gasteiger partial charge in [-0.1, -0.05) is 26.2 Å². The first-order valence-electron chi connectivity index (χ1n) is 5.17. The molecule has 0 radical (unpaired) electrons. The summed E-state index contributed by atoms with van der Waals surface area (Å²) in [6.07, 6.45) is 8.14. The van der Waals surface area contributed by atoms with Gasteiger partial charge in [-0.25, -0.2) is 0 Å². The van der Waals surface area contributed by atoms with Crippen LogP contribution in [0.1, 0.15) is 32.6 Å². The molecule has 0 amide bonds. The molecule has 1 rings (SSSR count). The quantitative estimate of drug-likeness (QED) is 0.708. The minimum absolute atomic E-state index is 0.614. The van der Waals surface area contributed by atoms with Crippen molar-refractivity contribution in [2.45, 2.75) is 32.6 Å². The summed E-state index contributed by atoms with van der Waals surface area (Å²) in [5.41, 5.74) is 6.29. The SMILES string of the molecule is CCCCCCOc1ccncc1N. The van der Waals surface area contributed by atoms with Gasteiger partial charge in [-0.2, -0.15) is 0 Å². The molecule has 0 bridgehead atoms. The van der Waals surface area contributed by atoms with Crippen molar-refractivity contribution in [1.29, 1.82) is 0 Å². The summed E-state index contributed by atoms with van der Waals surface area (Å²) in [6, 6.07) is 1.80. The van der Waals surface area contributed by atoms with Crippen LogP contribution in [0.25, 0.3) is 0 Å². The maximum Gasteiger partial charge on any atom is 0.145 e. The van der Waals surface area contributed by atoms with E-state index in [0.29, 0.717) is 5.69 Å². The number of rotatable bonds is 6. The van der Waals surface area contributed by atoms with Crippen LogP contribution in [0.2, 0.25) is 0 Å². The van der Waals surface area contributed by atoms with Gasteiger partial charge in [-0.15, -0.1) is 0 Å². The molecule has 0 aliphatic rings. The molecule has 0 unspecified atom stereocenters. The molecule has 1 heterocycles. The monoisotopic (exact) mass is 194 g/mol. The third-order valence-electron chi connectivity index (χ3n) is 2.07. The van der Waals surface area contributed by atoms with E-state index in [0.717, 1.165) is 18.8 Å². The average Bonchev–Trinajstić information content (AvgIpc) is 2.20. The summed E-state index contributed by atoms with van der Waals surface area (Å²) in [5, 5.41) is 0. The van der Waals surface area contributed by atoms with E-state index in [2.05, 4.69) is 11.9 Å². The van der Waals surface area contributed by atoms with Crippen LogP contribution < -0.4 is 10.5 Å². The Balaban J connectivity index is 2.21. The summed E-state index contributed by atoms with van der Waals surface area (Å²) in [4.78, 5) is 3.90. The summed E-state index contributed by atoms with van der Waals surface area (Å²) >= 11 is 0. The number of hydrogen-bond donors (Lipinski definition) is 1. The van der Waals surface area contributed by atoms with E-state index in [-0.39, 0.29) is 0 Å². The highest BCUT2D eigenvalue weighted by Crippen LogP contribution is 2.18. The number of nitrogen functional groups attached to an aromatic ring is 1. The lowest BCUT2D eigenvalue weighted by Crippen LogP contribution is -2.00. The fourth-order valence-corrected chi connectivity index (χ4v) is 1.24. The van der Waals surface area contributed by atoms with Gasteiger partial charge >= 0.3 is 0 Å². The number of anilines is 1. The second-order valence-corrected chi connectivity index (χ2v) is 3.32. The van der Waals surface area contributed by atoms with Gasteiger partial charge in [0.05, 0.1) is 18.5 Å². The van der Waals surface area contributed by atoms with Crippen LogP contribution in [0, 0.1) is 0 Å². The third kappa shape index (κ3) is 3.64. The van der Waals surface area contributed by atoms with E-state index < -0.39 is 0 Å². The highest BCUT2D eigenvalue weighted by atomic mass is 16.5. The van der Waals surface area contributed by atoms with E-state index in [1.807, 2.05) is 0 Å². The van der Waals surface area contributed by atoms with E-state index in [1.54, 1.807) is 18.5 Å². The number of hydrogen-bond acceptors (Lipinski definition) is 3. The van der Waals surface area contributed by atoms with Gasteiger partial charge in [-0.05, 0) is 6.42 Å². The van der Waals surface area contributed by atoms with E-state index in [4.69, 9.17) is 10.5 Å². The Morgan fingerprint density at radius 1 is 1.36 bits per heavy atom. The smallest absolute Gasteiger partial charge is 0.145 e. The molecule has 1 aromatic heterocycles. The number of unbranched alkanes of at least 4 members (excludes halogenated alkanes) is 3. The lowest BCUT2D eigenvalue weighted by Gasteiger charge is -2.07. The van der Waals surface area contributed by atoms with Crippen LogP contribution in [-0.4, -0.2) is 11.6 Å². The zero-order valence-electron chi connectivity index (χ0n) is 8.70. The Labute approximate surface area is 85.3 Å². The van der Waals surface area contributed by atoms with Crippen molar-refractivity contribution >= 4 is 5.69 Å². The second-order valence-electron chi connectivity index (χ2n) is 3.32. The predicted molar refractivity (Wildman–Crippen MR) is 58.3 cm³/mol. The van der Waals surface area contributed by atoms with Crippen molar-refractivity contribution in [2.75, 3.05) is 12.3 Å². The minimum Gasteiger partial charge on any atom is -0.491 e. The van der Waals surface area contributed by atoms with Crippen LogP contribution in [-0.2, 0) is 0 Å². The van der Waals surface area contributed by atoms with E-state index in [1.165, 1.54) is 19.3 Å². The van der Waals surface area contributed by atoms with E-state index in [9.17, 15) is 0 Å². The number of aromatic nitrogens is 1. The zero-order valence-corrected chi connectivity index (χ0v) is 8.70. The van der Waals surface area contributed by atoms with Gasteiger partial charge < -0.3 is 10.5 Å². The van der Waals surface area contributed by atoms with Crippen molar-refractivity contribution in [2.24, 2.45) is 0 Å². The molecule has 14 heavy (non-hydrogen) atoms. The molecular weight excluding hydrogens is 176 g/mol. The predicted octanol–water partition coefficient (Wildman–Crippen LogP) is 2.62. The van der Waals surface area contributed by atoms with Crippen LogP contribution in [0.15, 0.2) is 18.5 Å². The normalized spacial score (nSPS) is 10.1. The van der Waals surface area contributed by atoms with Crippen molar-refractivity contribution in [1.82, 2.24) is 4.98 Å². The standard InChI is InChI=1S/C11H18N2O/c1-2-3-4-5-8-14-11-6-7-13-9-10(11)12/h6-7,9H,2-5,8,12H2,1H3. The van der Waals surface area contributed by atoms with E-state index >= 15 is 0 Å². The average molecular weight is 194 g/mol. The third-order valence-corrected chi connectivity index (χ3v) is 2.07. The number of ether oxygens (including phenoxy) is 1. The molecule has 0 aromatic carbocycles. The molecule has 0 saturated carbocycles. The molecular formula is C11H18N2O. The molecule has 0 spiro atoms. The lowest BCUT2D eigenvalue weighted by atomic mass is 10.2. The topological polar surface area (TPSA) is 48.1 Å². The first-order valence-corrected chi connectivity index (χ1v) is 5.17. The highest BCUT2D eigenvalue weighted by molar-refractivity contribution is 5.49. The highest BCUT2D eigenvalue weighted by Gasteiger charge is 1.97. The summed E-state index contributed by atoms with van der Waals surface area (Å²) in [6.45, 7) is 2.94. The summed E-state index contributed by atoms with van der Waals surface area (Å²) in [5.74, 6) is 0.747. The Morgan fingerprint density at radius 2 is 2.21 bits per heavy atom. The first kappa shape index (κ1) is 10.8. The zero-order chi connectivity index (χ0) is 10.2. The van der Waals surface area contributed by atoms with Gasteiger partial charge in [0.2, 0.25) is 0 Å². The molecule has 1 aromatic rings. The lowest BCUT2D eigenvalue weighted by molar-refractivity contribution is 0.306. The van der Waals surface area contributed by atoms with Crippen molar-refractivity contribution in [3.8, 4) is 5.75 Å². The molecule has 0 atom stereocenters. The van der Waals surface area contributed by atoms with Gasteiger partial charge in [0.25, 0.3) is 0 Å². The second kappa shape index (κ2) is 6.24. The Morgan fingerprint density at radius 3 is 2.93 bits per heavy atom. The molecule has 0 aliphatic carbocycles. The molecule has 3 heteroatoms. The molecule has 0 fully saturated rings. The Hall–Kier alpha value is -1.25. The molecule has 2 N–H and O–H groups in total. The van der Waals surface area contributed by atoms with Crippen molar-refractivity contribution < 1.29 is 4.74 Å². The van der Waals surface area contributed by atoms with Gasteiger partial charge in [0.1, 0.15) is 5.75 Å². The van der Waals surface area contributed by atoms with Gasteiger partial charge in [0, 0.05) is 12.3 Å². The Kier molecular flexibility index (Phi) is 4.83. The number of nitrogens with zero attached hydrogens (tertiary/aromatic N) is 1. The summed E-state index contributed by atoms with van der Waals surface area (Å²) in [7, 11) is 0. The summed E-state index contributed by atoms with van der Waals surface area (Å²) < 4.78 is 5.52. The maximum absolute atomic E-state index is 5.67. The van der Waals surface area contributed by atoms with Crippen molar-refractivity contribution in [3.63, 3.8) is 0 Å². The largest absolute Gasteiger partial charge is 0.491 e. The van der Waals surface area contributed by atoms with Crippen LogP contribution in [0.5, 0.6) is 5.75 Å². The van der Waals surface area contributed by atoms with Crippen LogP contribution in [0.3, 0.4) is 0 Å².